The monoisotopic (exact) mass is 314 g/mol. The van der Waals surface area contributed by atoms with E-state index in [0.29, 0.717) is 24.8 Å². The number of nitrogens with one attached hydrogen (secondary N) is 1. The van der Waals surface area contributed by atoms with Crippen LogP contribution in [0.3, 0.4) is 0 Å². The van der Waals surface area contributed by atoms with Gasteiger partial charge in [0, 0.05) is 47.6 Å². The number of rotatable bonds is 7. The number of carboxylic acids is 1. The molecular weight excluding hydrogens is 299 g/mol. The molecule has 1 aromatic heterocycles. The minimum absolute atomic E-state index is 0.00840. The van der Waals surface area contributed by atoms with Crippen molar-refractivity contribution in [2.75, 3.05) is 29.7 Å². The predicted octanol–water partition coefficient (Wildman–Crippen LogP) is 3.08. The van der Waals surface area contributed by atoms with Gasteiger partial charge in [-0.3, -0.25) is 4.79 Å². The van der Waals surface area contributed by atoms with E-state index in [4.69, 9.17) is 28.3 Å². The number of H-pyrrole nitrogens is 1. The molecular formula is C14H16Cl2N2O2. The second-order valence-corrected chi connectivity index (χ2v) is 5.24. The van der Waals surface area contributed by atoms with Crippen molar-refractivity contribution < 1.29 is 9.90 Å². The summed E-state index contributed by atoms with van der Waals surface area (Å²) in [4.78, 5) is 16.1. The average molecular weight is 315 g/mol. The van der Waals surface area contributed by atoms with Crippen LogP contribution in [0.4, 0.5) is 5.69 Å². The van der Waals surface area contributed by atoms with E-state index in [1.54, 1.807) is 6.20 Å². The Kier molecular flexibility index (Phi) is 5.15. The third-order valence-electron chi connectivity index (χ3n) is 3.17. The van der Waals surface area contributed by atoms with Gasteiger partial charge in [0.1, 0.15) is 0 Å². The van der Waals surface area contributed by atoms with Gasteiger partial charge in [0.2, 0.25) is 0 Å². The minimum Gasteiger partial charge on any atom is -0.481 e. The molecule has 108 valence electrons. The molecule has 0 aliphatic heterocycles. The Labute approximate surface area is 127 Å². The average Bonchev–Trinajstić information content (AvgIpc) is 2.80. The van der Waals surface area contributed by atoms with Crippen LogP contribution in [0.5, 0.6) is 0 Å². The van der Waals surface area contributed by atoms with Gasteiger partial charge in [0.25, 0.3) is 0 Å². The number of halogens is 2. The van der Waals surface area contributed by atoms with E-state index in [-0.39, 0.29) is 6.42 Å². The molecule has 0 bridgehead atoms. The summed E-state index contributed by atoms with van der Waals surface area (Å²) < 4.78 is 0. The van der Waals surface area contributed by atoms with E-state index in [0.717, 1.165) is 22.2 Å². The highest BCUT2D eigenvalue weighted by atomic mass is 35.5. The van der Waals surface area contributed by atoms with Gasteiger partial charge in [-0.1, -0.05) is 0 Å². The molecule has 1 heterocycles. The van der Waals surface area contributed by atoms with Crippen molar-refractivity contribution in [1.82, 2.24) is 4.98 Å². The van der Waals surface area contributed by atoms with Crippen LogP contribution in [0.2, 0.25) is 0 Å². The maximum Gasteiger partial charge on any atom is 0.307 e. The Morgan fingerprint density at radius 1 is 1.25 bits per heavy atom. The van der Waals surface area contributed by atoms with Gasteiger partial charge in [0.05, 0.1) is 6.42 Å². The van der Waals surface area contributed by atoms with Crippen molar-refractivity contribution in [3.8, 4) is 0 Å². The molecule has 4 nitrogen and oxygen atoms in total. The standard InChI is InChI=1S/C14H16Cl2N2O2/c15-3-5-18(6-4-16)11-1-2-13-12(8-11)10(9-17-13)7-14(19)20/h1-2,8-9,17H,3-7H2,(H,19,20). The number of anilines is 1. The molecule has 0 fully saturated rings. The van der Waals surface area contributed by atoms with Gasteiger partial charge in [0.15, 0.2) is 0 Å². The van der Waals surface area contributed by atoms with Crippen LogP contribution in [0.25, 0.3) is 10.9 Å². The molecule has 2 N–H and O–H groups in total. The number of benzene rings is 1. The van der Waals surface area contributed by atoms with E-state index < -0.39 is 5.97 Å². The van der Waals surface area contributed by atoms with Crippen molar-refractivity contribution in [1.29, 1.82) is 0 Å². The van der Waals surface area contributed by atoms with Crippen molar-refractivity contribution in [3.05, 3.63) is 30.0 Å². The SMILES string of the molecule is O=C(O)Cc1c[nH]c2ccc(N(CCCl)CCCl)cc12. The fourth-order valence-corrected chi connectivity index (χ4v) is 2.65. The van der Waals surface area contributed by atoms with Crippen LogP contribution >= 0.6 is 23.2 Å². The summed E-state index contributed by atoms with van der Waals surface area (Å²) >= 11 is 11.6. The molecule has 6 heteroatoms. The maximum atomic E-state index is 10.9. The molecule has 1 aromatic carbocycles. The lowest BCUT2D eigenvalue weighted by Gasteiger charge is -2.23. The smallest absolute Gasteiger partial charge is 0.307 e. The molecule has 0 amide bonds. The molecule has 0 atom stereocenters. The second-order valence-electron chi connectivity index (χ2n) is 4.48. The number of aromatic nitrogens is 1. The largest absolute Gasteiger partial charge is 0.481 e. The van der Waals surface area contributed by atoms with E-state index in [9.17, 15) is 4.79 Å². The van der Waals surface area contributed by atoms with Crippen LogP contribution in [-0.4, -0.2) is 40.9 Å². The Hall–Kier alpha value is -1.39. The lowest BCUT2D eigenvalue weighted by atomic mass is 10.1. The van der Waals surface area contributed by atoms with Gasteiger partial charge in [-0.05, 0) is 23.8 Å². The molecule has 0 saturated heterocycles. The van der Waals surface area contributed by atoms with E-state index in [2.05, 4.69) is 9.88 Å². The highest BCUT2D eigenvalue weighted by Gasteiger charge is 2.11. The van der Waals surface area contributed by atoms with Gasteiger partial charge < -0.3 is 15.0 Å². The van der Waals surface area contributed by atoms with Gasteiger partial charge in [-0.15, -0.1) is 23.2 Å². The molecule has 2 aromatic rings. The van der Waals surface area contributed by atoms with E-state index in [1.807, 2.05) is 18.2 Å². The number of carboxylic acid groups (broad SMARTS) is 1. The van der Waals surface area contributed by atoms with E-state index in [1.165, 1.54) is 0 Å². The summed E-state index contributed by atoms with van der Waals surface area (Å²) in [5.41, 5.74) is 2.72. The van der Waals surface area contributed by atoms with Crippen LogP contribution < -0.4 is 4.90 Å². The fraction of sp³-hybridized carbons (Fsp3) is 0.357. The van der Waals surface area contributed by atoms with Gasteiger partial charge >= 0.3 is 5.97 Å². The summed E-state index contributed by atoms with van der Waals surface area (Å²) in [5, 5.41) is 9.86. The highest BCUT2D eigenvalue weighted by Crippen LogP contribution is 2.25. The summed E-state index contributed by atoms with van der Waals surface area (Å²) in [6, 6.07) is 5.93. The topological polar surface area (TPSA) is 56.3 Å². The molecule has 2 rings (SSSR count). The van der Waals surface area contributed by atoms with Crippen LogP contribution in [-0.2, 0) is 11.2 Å². The van der Waals surface area contributed by atoms with Crippen molar-refractivity contribution in [2.45, 2.75) is 6.42 Å². The molecule has 0 aliphatic rings. The summed E-state index contributed by atoms with van der Waals surface area (Å²) in [5.74, 6) is 0.198. The minimum atomic E-state index is -0.838. The van der Waals surface area contributed by atoms with Crippen LogP contribution in [0.15, 0.2) is 24.4 Å². The second kappa shape index (κ2) is 6.86. The zero-order valence-electron chi connectivity index (χ0n) is 10.9. The number of alkyl halides is 2. The predicted molar refractivity (Wildman–Crippen MR) is 83.3 cm³/mol. The molecule has 0 unspecified atom stereocenters. The zero-order chi connectivity index (χ0) is 14.5. The van der Waals surface area contributed by atoms with Crippen molar-refractivity contribution in [2.24, 2.45) is 0 Å². The van der Waals surface area contributed by atoms with Crippen LogP contribution in [0, 0.1) is 0 Å². The fourth-order valence-electron chi connectivity index (χ4n) is 2.25. The number of aromatic amines is 1. The summed E-state index contributed by atoms with van der Waals surface area (Å²) in [6.07, 6.45) is 1.75. The lowest BCUT2D eigenvalue weighted by Crippen LogP contribution is -2.27. The number of nitrogens with zero attached hydrogens (tertiary/aromatic N) is 1. The van der Waals surface area contributed by atoms with Crippen molar-refractivity contribution in [3.63, 3.8) is 0 Å². The molecule has 0 aliphatic carbocycles. The first kappa shape index (κ1) is 15.0. The van der Waals surface area contributed by atoms with Gasteiger partial charge in [-0.2, -0.15) is 0 Å². The third kappa shape index (κ3) is 3.38. The number of fused-ring (bicyclic) bond motifs is 1. The van der Waals surface area contributed by atoms with Gasteiger partial charge in [-0.25, -0.2) is 0 Å². The molecule has 0 saturated carbocycles. The summed E-state index contributed by atoms with van der Waals surface area (Å²) in [6.45, 7) is 1.41. The Morgan fingerprint density at radius 2 is 1.95 bits per heavy atom. The van der Waals surface area contributed by atoms with Crippen molar-refractivity contribution >= 4 is 45.8 Å². The van der Waals surface area contributed by atoms with E-state index >= 15 is 0 Å². The first-order valence-electron chi connectivity index (χ1n) is 6.34. The number of aliphatic carboxylic acids is 1. The Morgan fingerprint density at radius 3 is 2.55 bits per heavy atom. The molecule has 0 radical (unpaired) electrons. The number of hydrogen-bond acceptors (Lipinski definition) is 2. The molecule has 20 heavy (non-hydrogen) atoms. The Balaban J connectivity index is 2.36. The maximum absolute atomic E-state index is 10.9. The normalized spacial score (nSPS) is 10.9. The first-order valence-corrected chi connectivity index (χ1v) is 7.41. The Bertz CT molecular complexity index is 592. The summed E-state index contributed by atoms with van der Waals surface area (Å²) in [7, 11) is 0. The zero-order valence-corrected chi connectivity index (χ0v) is 12.4. The first-order chi connectivity index (χ1) is 9.65. The quantitative estimate of drug-likeness (QED) is 0.772. The lowest BCUT2D eigenvalue weighted by molar-refractivity contribution is -0.136. The molecule has 0 spiro atoms. The van der Waals surface area contributed by atoms with Crippen LogP contribution in [0.1, 0.15) is 5.56 Å². The third-order valence-corrected chi connectivity index (χ3v) is 3.50. The number of carbonyl (C=O) groups is 1. The number of hydrogen-bond donors (Lipinski definition) is 2. The highest BCUT2D eigenvalue weighted by molar-refractivity contribution is 6.18.